The number of hydrogen-bond acceptors (Lipinski definition) is 2. The van der Waals surface area contributed by atoms with E-state index in [4.69, 9.17) is 0 Å². The second kappa shape index (κ2) is 4.34. The van der Waals surface area contributed by atoms with Gasteiger partial charge >= 0.3 is 0 Å². The van der Waals surface area contributed by atoms with Crippen LogP contribution in [0.3, 0.4) is 0 Å². The van der Waals surface area contributed by atoms with Gasteiger partial charge in [0.25, 0.3) is 0 Å². The van der Waals surface area contributed by atoms with E-state index in [1.165, 1.54) is 29.7 Å². The van der Waals surface area contributed by atoms with Crippen LogP contribution in [0.25, 0.3) is 11.3 Å². The summed E-state index contributed by atoms with van der Waals surface area (Å²) < 4.78 is 2.31. The van der Waals surface area contributed by atoms with Gasteiger partial charge in [-0.25, -0.2) is 4.98 Å². The molecule has 2 aromatic rings. The van der Waals surface area contributed by atoms with Crippen molar-refractivity contribution in [2.24, 2.45) is 0 Å². The SMILES string of the molecule is CNCc1ccccc1-c1cncn1C1CC1. The lowest BCUT2D eigenvalue weighted by atomic mass is 10.0. The van der Waals surface area contributed by atoms with Crippen LogP contribution in [0, 0.1) is 0 Å². The third-order valence-corrected chi connectivity index (χ3v) is 3.27. The van der Waals surface area contributed by atoms with Crippen LogP contribution in [0.2, 0.25) is 0 Å². The fourth-order valence-corrected chi connectivity index (χ4v) is 2.27. The molecule has 0 amide bonds. The molecule has 1 fully saturated rings. The summed E-state index contributed by atoms with van der Waals surface area (Å²) in [6.07, 6.45) is 6.52. The summed E-state index contributed by atoms with van der Waals surface area (Å²) in [7, 11) is 1.98. The molecule has 88 valence electrons. The van der Waals surface area contributed by atoms with Crippen molar-refractivity contribution in [3.05, 3.63) is 42.4 Å². The predicted octanol–water partition coefficient (Wildman–Crippen LogP) is 2.60. The van der Waals surface area contributed by atoms with Gasteiger partial charge in [-0.1, -0.05) is 24.3 Å². The topological polar surface area (TPSA) is 29.9 Å². The van der Waals surface area contributed by atoms with E-state index in [0.29, 0.717) is 6.04 Å². The summed E-state index contributed by atoms with van der Waals surface area (Å²) in [5.74, 6) is 0. The van der Waals surface area contributed by atoms with Crippen molar-refractivity contribution >= 4 is 0 Å². The van der Waals surface area contributed by atoms with E-state index in [0.717, 1.165) is 6.54 Å². The highest BCUT2D eigenvalue weighted by molar-refractivity contribution is 5.63. The Balaban J connectivity index is 2.04. The first-order chi connectivity index (χ1) is 8.40. The van der Waals surface area contributed by atoms with Crippen LogP contribution >= 0.6 is 0 Å². The number of aromatic nitrogens is 2. The molecule has 1 aromatic heterocycles. The van der Waals surface area contributed by atoms with Crippen LogP contribution in [-0.2, 0) is 6.54 Å². The van der Waals surface area contributed by atoms with Crippen LogP contribution in [-0.4, -0.2) is 16.6 Å². The molecular weight excluding hydrogens is 210 g/mol. The molecule has 0 unspecified atom stereocenters. The first-order valence-corrected chi connectivity index (χ1v) is 6.15. The standard InChI is InChI=1S/C14H17N3/c1-15-8-11-4-2-3-5-13(11)14-9-16-10-17(14)12-6-7-12/h2-5,9-10,12,15H,6-8H2,1H3. The smallest absolute Gasteiger partial charge is 0.0953 e. The highest BCUT2D eigenvalue weighted by Crippen LogP contribution is 2.38. The van der Waals surface area contributed by atoms with Crippen LogP contribution in [0.4, 0.5) is 0 Å². The minimum atomic E-state index is 0.676. The molecule has 3 heteroatoms. The molecule has 0 saturated heterocycles. The van der Waals surface area contributed by atoms with Crippen LogP contribution in [0.5, 0.6) is 0 Å². The monoisotopic (exact) mass is 227 g/mol. The maximum Gasteiger partial charge on any atom is 0.0953 e. The van der Waals surface area contributed by atoms with Gasteiger partial charge < -0.3 is 9.88 Å². The van der Waals surface area contributed by atoms with E-state index in [9.17, 15) is 0 Å². The Labute approximate surface area is 101 Å². The molecule has 0 bridgehead atoms. The van der Waals surface area contributed by atoms with Crippen molar-refractivity contribution in [1.82, 2.24) is 14.9 Å². The molecule has 3 rings (SSSR count). The Hall–Kier alpha value is -1.61. The lowest BCUT2D eigenvalue weighted by Gasteiger charge is -2.11. The summed E-state index contributed by atoms with van der Waals surface area (Å²) in [4.78, 5) is 4.30. The zero-order chi connectivity index (χ0) is 11.7. The van der Waals surface area contributed by atoms with E-state index >= 15 is 0 Å². The van der Waals surface area contributed by atoms with Crippen molar-refractivity contribution in [2.75, 3.05) is 7.05 Å². The molecule has 17 heavy (non-hydrogen) atoms. The van der Waals surface area contributed by atoms with Gasteiger partial charge in [0.15, 0.2) is 0 Å². The summed E-state index contributed by atoms with van der Waals surface area (Å²) in [5.41, 5.74) is 3.88. The quantitative estimate of drug-likeness (QED) is 0.870. The largest absolute Gasteiger partial charge is 0.327 e. The zero-order valence-corrected chi connectivity index (χ0v) is 10.1. The molecule has 0 aliphatic heterocycles. The Morgan fingerprint density at radius 3 is 2.94 bits per heavy atom. The van der Waals surface area contributed by atoms with Crippen molar-refractivity contribution in [3.63, 3.8) is 0 Å². The number of nitrogens with one attached hydrogen (secondary N) is 1. The summed E-state index contributed by atoms with van der Waals surface area (Å²) in [6, 6.07) is 9.22. The second-order valence-electron chi connectivity index (χ2n) is 4.60. The fraction of sp³-hybridized carbons (Fsp3) is 0.357. The highest BCUT2D eigenvalue weighted by Gasteiger charge is 2.26. The lowest BCUT2D eigenvalue weighted by Crippen LogP contribution is -2.07. The summed E-state index contributed by atoms with van der Waals surface area (Å²) in [6.45, 7) is 0.895. The fourth-order valence-electron chi connectivity index (χ4n) is 2.27. The van der Waals surface area contributed by atoms with Gasteiger partial charge in [0.1, 0.15) is 0 Å². The van der Waals surface area contributed by atoms with Gasteiger partial charge in [-0.2, -0.15) is 0 Å². The molecule has 1 N–H and O–H groups in total. The van der Waals surface area contributed by atoms with Gasteiger partial charge in [0.2, 0.25) is 0 Å². The number of rotatable bonds is 4. The van der Waals surface area contributed by atoms with Crippen molar-refractivity contribution in [1.29, 1.82) is 0 Å². The van der Waals surface area contributed by atoms with E-state index in [1.807, 2.05) is 19.6 Å². The first-order valence-electron chi connectivity index (χ1n) is 6.15. The predicted molar refractivity (Wildman–Crippen MR) is 68.7 cm³/mol. The Bertz CT molecular complexity index is 512. The Morgan fingerprint density at radius 1 is 1.35 bits per heavy atom. The van der Waals surface area contributed by atoms with E-state index in [-0.39, 0.29) is 0 Å². The maximum atomic E-state index is 4.30. The van der Waals surface area contributed by atoms with E-state index in [2.05, 4.69) is 39.1 Å². The lowest BCUT2D eigenvalue weighted by molar-refractivity contribution is 0.745. The van der Waals surface area contributed by atoms with Crippen molar-refractivity contribution < 1.29 is 0 Å². The third kappa shape index (κ3) is 1.98. The molecule has 0 radical (unpaired) electrons. The first kappa shape index (κ1) is 10.5. The van der Waals surface area contributed by atoms with Gasteiger partial charge in [-0.05, 0) is 25.5 Å². The molecular formula is C14H17N3. The van der Waals surface area contributed by atoms with Gasteiger partial charge in [0, 0.05) is 18.2 Å². The minimum absolute atomic E-state index is 0.676. The zero-order valence-electron chi connectivity index (χ0n) is 10.1. The second-order valence-corrected chi connectivity index (χ2v) is 4.60. The number of hydrogen-bond donors (Lipinski definition) is 1. The average Bonchev–Trinajstić information content (AvgIpc) is 3.09. The van der Waals surface area contributed by atoms with E-state index < -0.39 is 0 Å². The van der Waals surface area contributed by atoms with Crippen molar-refractivity contribution in [2.45, 2.75) is 25.4 Å². The molecule has 1 aliphatic rings. The normalized spacial score (nSPS) is 15.1. The molecule has 1 saturated carbocycles. The maximum absolute atomic E-state index is 4.30. The molecule has 0 atom stereocenters. The highest BCUT2D eigenvalue weighted by atomic mass is 15.1. The number of nitrogens with zero attached hydrogens (tertiary/aromatic N) is 2. The molecule has 0 spiro atoms. The van der Waals surface area contributed by atoms with Gasteiger partial charge in [-0.3, -0.25) is 0 Å². The van der Waals surface area contributed by atoms with Crippen LogP contribution < -0.4 is 5.32 Å². The average molecular weight is 227 g/mol. The Morgan fingerprint density at radius 2 is 2.18 bits per heavy atom. The molecule has 1 heterocycles. The minimum Gasteiger partial charge on any atom is -0.327 e. The molecule has 1 aliphatic carbocycles. The molecule has 3 nitrogen and oxygen atoms in total. The van der Waals surface area contributed by atoms with Gasteiger partial charge in [-0.15, -0.1) is 0 Å². The van der Waals surface area contributed by atoms with Gasteiger partial charge in [0.05, 0.1) is 18.2 Å². The van der Waals surface area contributed by atoms with Crippen LogP contribution in [0.15, 0.2) is 36.8 Å². The summed E-state index contributed by atoms with van der Waals surface area (Å²) >= 11 is 0. The summed E-state index contributed by atoms with van der Waals surface area (Å²) in [5, 5.41) is 3.22. The van der Waals surface area contributed by atoms with Crippen LogP contribution in [0.1, 0.15) is 24.4 Å². The third-order valence-electron chi connectivity index (χ3n) is 3.27. The number of benzene rings is 1. The van der Waals surface area contributed by atoms with Crippen molar-refractivity contribution in [3.8, 4) is 11.3 Å². The number of imidazole rings is 1. The molecule has 1 aromatic carbocycles. The Kier molecular flexibility index (Phi) is 2.69. The van der Waals surface area contributed by atoms with E-state index in [1.54, 1.807) is 0 Å².